The molecule has 5 nitrogen and oxygen atoms in total. The molecule has 0 radical (unpaired) electrons. The summed E-state index contributed by atoms with van der Waals surface area (Å²) in [5, 5.41) is 2.91. The van der Waals surface area contributed by atoms with Crippen LogP contribution in [0.15, 0.2) is 40.6 Å². The number of hydrogen-bond donors (Lipinski definition) is 1. The fourth-order valence-electron chi connectivity index (χ4n) is 2.86. The zero-order valence-corrected chi connectivity index (χ0v) is 17.5. The number of nitrogens with one attached hydrogen (secondary N) is 1. The molecular formula is C17H19IN2O3S2. The topological polar surface area (TPSA) is 66.5 Å². The predicted octanol–water partition coefficient (Wildman–Crippen LogP) is 3.70. The van der Waals surface area contributed by atoms with Crippen molar-refractivity contribution in [3.63, 3.8) is 0 Å². The molecular weight excluding hydrogens is 471 g/mol. The molecule has 0 spiro atoms. The van der Waals surface area contributed by atoms with E-state index in [0.29, 0.717) is 23.6 Å². The summed E-state index contributed by atoms with van der Waals surface area (Å²) in [6.45, 7) is 2.58. The number of piperidine rings is 1. The maximum atomic E-state index is 12.8. The van der Waals surface area contributed by atoms with Crippen LogP contribution in [0.4, 0.5) is 5.69 Å². The molecule has 1 aliphatic heterocycles. The van der Waals surface area contributed by atoms with Gasteiger partial charge in [0.15, 0.2) is 0 Å². The van der Waals surface area contributed by atoms with Gasteiger partial charge in [0.25, 0.3) is 10.0 Å². The number of thiophene rings is 1. The zero-order chi connectivity index (χ0) is 18.0. The Labute approximate surface area is 165 Å². The monoisotopic (exact) mass is 490 g/mol. The van der Waals surface area contributed by atoms with Gasteiger partial charge in [-0.1, -0.05) is 6.07 Å². The molecule has 3 rings (SSSR count). The lowest BCUT2D eigenvalue weighted by Crippen LogP contribution is -2.43. The van der Waals surface area contributed by atoms with Crippen molar-refractivity contribution in [1.82, 2.24) is 4.31 Å². The molecule has 0 bridgehead atoms. The molecule has 2 aromatic rings. The van der Waals surface area contributed by atoms with Gasteiger partial charge in [-0.05, 0) is 72.7 Å². The van der Waals surface area contributed by atoms with Crippen LogP contribution in [0.1, 0.15) is 17.7 Å². The highest BCUT2D eigenvalue weighted by atomic mass is 127. The van der Waals surface area contributed by atoms with Gasteiger partial charge in [0.2, 0.25) is 5.91 Å². The fraction of sp³-hybridized carbons (Fsp3) is 0.353. The van der Waals surface area contributed by atoms with Crippen LogP contribution in [0.5, 0.6) is 0 Å². The third kappa shape index (κ3) is 4.42. The smallest absolute Gasteiger partial charge is 0.252 e. The highest BCUT2D eigenvalue weighted by Crippen LogP contribution is 2.28. The lowest BCUT2D eigenvalue weighted by molar-refractivity contribution is -0.120. The third-order valence-electron chi connectivity index (χ3n) is 4.16. The maximum absolute atomic E-state index is 12.8. The van der Waals surface area contributed by atoms with Crippen molar-refractivity contribution in [2.45, 2.75) is 24.0 Å². The lowest BCUT2D eigenvalue weighted by Gasteiger charge is -2.30. The fourth-order valence-corrected chi connectivity index (χ4v) is 6.37. The Kier molecular flexibility index (Phi) is 5.81. The van der Waals surface area contributed by atoms with Crippen molar-refractivity contribution in [2.75, 3.05) is 18.4 Å². The number of carbonyl (C=O) groups excluding carboxylic acids is 1. The highest BCUT2D eigenvalue weighted by molar-refractivity contribution is 14.1. The van der Waals surface area contributed by atoms with E-state index in [4.69, 9.17) is 0 Å². The van der Waals surface area contributed by atoms with E-state index in [9.17, 15) is 13.2 Å². The van der Waals surface area contributed by atoms with Gasteiger partial charge < -0.3 is 5.32 Å². The van der Waals surface area contributed by atoms with Gasteiger partial charge in [0.05, 0.1) is 5.92 Å². The Morgan fingerprint density at radius 1 is 1.32 bits per heavy atom. The van der Waals surface area contributed by atoms with Crippen LogP contribution in [0.2, 0.25) is 0 Å². The van der Waals surface area contributed by atoms with Gasteiger partial charge in [-0.15, -0.1) is 11.3 Å². The number of anilines is 1. The van der Waals surface area contributed by atoms with Gasteiger partial charge in [0.1, 0.15) is 4.21 Å². The Hall–Kier alpha value is -0.970. The molecule has 8 heteroatoms. The summed E-state index contributed by atoms with van der Waals surface area (Å²) in [6.07, 6.45) is 1.39. The molecule has 1 aromatic heterocycles. The lowest BCUT2D eigenvalue weighted by atomic mass is 9.99. The molecule has 25 heavy (non-hydrogen) atoms. The van der Waals surface area contributed by atoms with Crippen molar-refractivity contribution < 1.29 is 13.2 Å². The highest BCUT2D eigenvalue weighted by Gasteiger charge is 2.34. The molecule has 1 fully saturated rings. The average molecular weight is 490 g/mol. The van der Waals surface area contributed by atoms with E-state index in [1.165, 1.54) is 15.6 Å². The molecule has 1 amide bonds. The largest absolute Gasteiger partial charge is 0.326 e. The molecule has 0 saturated carbocycles. The second-order valence-electron chi connectivity index (χ2n) is 6.07. The summed E-state index contributed by atoms with van der Waals surface area (Å²) in [4.78, 5) is 13.5. The van der Waals surface area contributed by atoms with E-state index >= 15 is 0 Å². The van der Waals surface area contributed by atoms with Crippen LogP contribution in [-0.4, -0.2) is 31.7 Å². The number of halogens is 1. The van der Waals surface area contributed by atoms with Crippen LogP contribution in [-0.2, 0) is 14.8 Å². The molecule has 1 saturated heterocycles. The second-order valence-corrected chi connectivity index (χ2v) is 10.8. The quantitative estimate of drug-likeness (QED) is 0.665. The molecule has 134 valence electrons. The summed E-state index contributed by atoms with van der Waals surface area (Å²) >= 11 is 3.46. The standard InChI is InChI=1S/C17H19IN2O3S2/c1-12-7-8-16(24-12)25(22,23)20-9-3-4-13(11-20)17(21)19-15-6-2-5-14(18)10-15/h2,5-8,10,13H,3-4,9,11H2,1H3,(H,19,21). The van der Waals surface area contributed by atoms with Crippen LogP contribution in [0.25, 0.3) is 0 Å². The summed E-state index contributed by atoms with van der Waals surface area (Å²) < 4.78 is 28.4. The number of nitrogens with zero attached hydrogens (tertiary/aromatic N) is 1. The Morgan fingerprint density at radius 3 is 2.80 bits per heavy atom. The Balaban J connectivity index is 1.71. The van der Waals surface area contributed by atoms with Crippen molar-refractivity contribution in [1.29, 1.82) is 0 Å². The number of carbonyl (C=O) groups is 1. The van der Waals surface area contributed by atoms with Gasteiger partial charge in [0, 0.05) is 27.2 Å². The van der Waals surface area contributed by atoms with E-state index in [0.717, 1.165) is 14.1 Å². The summed E-state index contributed by atoms with van der Waals surface area (Å²) in [5.74, 6) is -0.452. The first-order valence-corrected chi connectivity index (χ1v) is 11.3. The molecule has 0 aliphatic carbocycles. The van der Waals surface area contributed by atoms with E-state index in [1.807, 2.05) is 37.3 Å². The third-order valence-corrected chi connectivity index (χ3v) is 8.16. The van der Waals surface area contributed by atoms with Gasteiger partial charge >= 0.3 is 0 Å². The second kappa shape index (κ2) is 7.73. The van der Waals surface area contributed by atoms with Crippen LogP contribution in [0, 0.1) is 16.4 Å². The van der Waals surface area contributed by atoms with E-state index < -0.39 is 10.0 Å². The predicted molar refractivity (Wildman–Crippen MR) is 108 cm³/mol. The molecule has 1 aromatic carbocycles. The normalized spacial score (nSPS) is 18.9. The Morgan fingerprint density at radius 2 is 2.12 bits per heavy atom. The molecule has 1 atom stereocenters. The number of hydrogen-bond acceptors (Lipinski definition) is 4. The summed E-state index contributed by atoms with van der Waals surface area (Å²) in [7, 11) is -3.52. The van der Waals surface area contributed by atoms with Gasteiger partial charge in [-0.3, -0.25) is 4.79 Å². The first-order chi connectivity index (χ1) is 11.9. The number of sulfonamides is 1. The summed E-state index contributed by atoms with van der Waals surface area (Å²) in [5.41, 5.74) is 0.741. The molecule has 1 aliphatic rings. The van der Waals surface area contributed by atoms with Crippen LogP contribution >= 0.6 is 33.9 Å². The van der Waals surface area contributed by atoms with E-state index in [-0.39, 0.29) is 18.4 Å². The van der Waals surface area contributed by atoms with E-state index in [2.05, 4.69) is 27.9 Å². The first kappa shape index (κ1) is 18.8. The molecule has 1 N–H and O–H groups in total. The molecule has 2 heterocycles. The SMILES string of the molecule is Cc1ccc(S(=O)(=O)N2CCCC(C(=O)Nc3cccc(I)c3)C2)s1. The number of benzene rings is 1. The summed E-state index contributed by atoms with van der Waals surface area (Å²) in [6, 6.07) is 11.0. The minimum absolute atomic E-state index is 0.121. The van der Waals surface area contributed by atoms with Crippen molar-refractivity contribution in [3.8, 4) is 0 Å². The van der Waals surface area contributed by atoms with Gasteiger partial charge in [-0.25, -0.2) is 8.42 Å². The Bertz CT molecular complexity index is 880. The minimum Gasteiger partial charge on any atom is -0.326 e. The van der Waals surface area contributed by atoms with Crippen molar-refractivity contribution in [3.05, 3.63) is 44.8 Å². The van der Waals surface area contributed by atoms with Crippen LogP contribution in [0.3, 0.4) is 0 Å². The zero-order valence-electron chi connectivity index (χ0n) is 13.7. The number of amides is 1. The maximum Gasteiger partial charge on any atom is 0.252 e. The first-order valence-electron chi connectivity index (χ1n) is 7.99. The van der Waals surface area contributed by atoms with E-state index in [1.54, 1.807) is 6.07 Å². The minimum atomic E-state index is -3.52. The van der Waals surface area contributed by atoms with Crippen molar-refractivity contribution in [2.24, 2.45) is 5.92 Å². The number of aryl methyl sites for hydroxylation is 1. The van der Waals surface area contributed by atoms with Crippen molar-refractivity contribution >= 4 is 55.5 Å². The van der Waals surface area contributed by atoms with Crippen LogP contribution < -0.4 is 5.32 Å². The van der Waals surface area contributed by atoms with Gasteiger partial charge in [-0.2, -0.15) is 4.31 Å². The average Bonchev–Trinajstić information content (AvgIpc) is 3.02. The molecule has 1 unspecified atom stereocenters. The number of rotatable bonds is 4.